The van der Waals surface area contributed by atoms with E-state index in [4.69, 9.17) is 10.2 Å². The van der Waals surface area contributed by atoms with Gasteiger partial charge in [0, 0.05) is 12.5 Å². The number of rotatable bonds is 4. The summed E-state index contributed by atoms with van der Waals surface area (Å²) in [5.74, 6) is 1.54. The van der Waals surface area contributed by atoms with E-state index in [9.17, 15) is 4.79 Å². The summed E-state index contributed by atoms with van der Waals surface area (Å²) in [5.41, 5.74) is 6.39. The van der Waals surface area contributed by atoms with Crippen molar-refractivity contribution in [3.05, 3.63) is 23.2 Å². The number of hydrogen-bond donors (Lipinski definition) is 1. The highest BCUT2D eigenvalue weighted by molar-refractivity contribution is 5.97. The molecule has 0 aliphatic heterocycles. The Balaban J connectivity index is 2.74. The highest BCUT2D eigenvalue weighted by atomic mass is 16.3. The summed E-state index contributed by atoms with van der Waals surface area (Å²) in [7, 11) is 0. The molecule has 0 aliphatic carbocycles. The quantitative estimate of drug-likeness (QED) is 0.749. The van der Waals surface area contributed by atoms with Gasteiger partial charge < -0.3 is 10.2 Å². The number of aryl methyl sites for hydroxylation is 2. The van der Waals surface area contributed by atoms with E-state index in [2.05, 4.69) is 0 Å². The summed E-state index contributed by atoms with van der Waals surface area (Å²) in [4.78, 5) is 11.7. The summed E-state index contributed by atoms with van der Waals surface area (Å²) in [6.07, 6.45) is 1.22. The molecular weight excluding hydrogens is 178 g/mol. The van der Waals surface area contributed by atoms with E-state index >= 15 is 0 Å². The van der Waals surface area contributed by atoms with E-state index < -0.39 is 0 Å². The van der Waals surface area contributed by atoms with E-state index in [1.165, 1.54) is 0 Å². The Labute approximate surface area is 84.3 Å². The fourth-order valence-corrected chi connectivity index (χ4v) is 1.40. The Morgan fingerprint density at radius 1 is 1.57 bits per heavy atom. The smallest absolute Gasteiger partial charge is 0.167 e. The molecule has 1 aromatic rings. The lowest BCUT2D eigenvalue weighted by atomic mass is 10.0. The van der Waals surface area contributed by atoms with Crippen molar-refractivity contribution >= 4 is 5.78 Å². The van der Waals surface area contributed by atoms with E-state index in [1.807, 2.05) is 13.8 Å². The molecule has 3 heteroatoms. The zero-order valence-electron chi connectivity index (χ0n) is 8.96. The molecule has 1 aromatic heterocycles. The average Bonchev–Trinajstić information content (AvgIpc) is 2.45. The zero-order valence-corrected chi connectivity index (χ0v) is 8.96. The molecule has 14 heavy (non-hydrogen) atoms. The molecule has 78 valence electrons. The van der Waals surface area contributed by atoms with Gasteiger partial charge in [-0.25, -0.2) is 0 Å². The van der Waals surface area contributed by atoms with Gasteiger partial charge in [0.05, 0.1) is 5.56 Å². The van der Waals surface area contributed by atoms with Crippen LogP contribution in [-0.2, 0) is 0 Å². The van der Waals surface area contributed by atoms with Gasteiger partial charge in [-0.05, 0) is 26.3 Å². The summed E-state index contributed by atoms with van der Waals surface area (Å²) < 4.78 is 5.29. The third-order valence-corrected chi connectivity index (χ3v) is 2.31. The highest BCUT2D eigenvalue weighted by Gasteiger charge is 2.15. The second-order valence-electron chi connectivity index (χ2n) is 3.62. The number of hydrogen-bond acceptors (Lipinski definition) is 3. The molecule has 2 N–H and O–H groups in total. The van der Waals surface area contributed by atoms with Crippen LogP contribution in [0, 0.1) is 13.8 Å². The fraction of sp³-hybridized carbons (Fsp3) is 0.545. The Morgan fingerprint density at radius 2 is 2.21 bits per heavy atom. The molecule has 0 fully saturated rings. The third kappa shape index (κ3) is 2.45. The maximum absolute atomic E-state index is 11.7. The molecule has 0 aliphatic rings. The number of carbonyl (C=O) groups excluding carboxylic acids is 1. The van der Waals surface area contributed by atoms with Gasteiger partial charge in [0.1, 0.15) is 11.5 Å². The highest BCUT2D eigenvalue weighted by Crippen LogP contribution is 2.16. The molecule has 0 saturated carbocycles. The number of furan rings is 1. The molecule has 0 aromatic carbocycles. The van der Waals surface area contributed by atoms with Crippen molar-refractivity contribution in [3.8, 4) is 0 Å². The zero-order chi connectivity index (χ0) is 10.7. The second kappa shape index (κ2) is 4.42. The van der Waals surface area contributed by atoms with Crippen molar-refractivity contribution in [2.45, 2.75) is 39.7 Å². The van der Waals surface area contributed by atoms with Crippen molar-refractivity contribution in [2.75, 3.05) is 0 Å². The van der Waals surface area contributed by atoms with Crippen LogP contribution in [0.2, 0.25) is 0 Å². The Hall–Kier alpha value is -1.09. The standard InChI is InChI=1S/C11H17NO2/c1-4-9(12)6-11(13)10-5-7(2)14-8(10)3/h5,9H,4,6,12H2,1-3H3. The lowest BCUT2D eigenvalue weighted by Crippen LogP contribution is -2.22. The topological polar surface area (TPSA) is 56.2 Å². The Morgan fingerprint density at radius 3 is 2.64 bits per heavy atom. The largest absolute Gasteiger partial charge is 0.466 e. The number of nitrogens with two attached hydrogens (primary N) is 1. The number of ketones is 1. The van der Waals surface area contributed by atoms with Crippen molar-refractivity contribution in [1.82, 2.24) is 0 Å². The van der Waals surface area contributed by atoms with Gasteiger partial charge in [0.2, 0.25) is 0 Å². The van der Waals surface area contributed by atoms with E-state index in [0.29, 0.717) is 17.7 Å². The maximum Gasteiger partial charge on any atom is 0.167 e. The van der Waals surface area contributed by atoms with Crippen LogP contribution in [0.5, 0.6) is 0 Å². The molecule has 0 saturated heterocycles. The number of carbonyl (C=O) groups is 1. The summed E-state index contributed by atoms with van der Waals surface area (Å²) in [6, 6.07) is 1.73. The van der Waals surface area contributed by atoms with Crippen molar-refractivity contribution in [3.63, 3.8) is 0 Å². The minimum atomic E-state index is -0.0443. The Kier molecular flexibility index (Phi) is 3.47. The first-order valence-corrected chi connectivity index (χ1v) is 4.90. The van der Waals surface area contributed by atoms with Crippen molar-refractivity contribution in [1.29, 1.82) is 0 Å². The number of Topliss-reactive ketones (excluding diaryl/α,β-unsaturated/α-hetero) is 1. The molecule has 1 atom stereocenters. The van der Waals surface area contributed by atoms with Gasteiger partial charge in [-0.3, -0.25) is 4.79 Å². The second-order valence-corrected chi connectivity index (χ2v) is 3.62. The van der Waals surface area contributed by atoms with Crippen LogP contribution < -0.4 is 5.73 Å². The molecule has 1 rings (SSSR count). The normalized spacial score (nSPS) is 12.9. The van der Waals surface area contributed by atoms with E-state index in [1.54, 1.807) is 13.0 Å². The van der Waals surface area contributed by atoms with E-state index in [-0.39, 0.29) is 11.8 Å². The predicted octanol–water partition coefficient (Wildman–Crippen LogP) is 2.21. The van der Waals surface area contributed by atoms with Crippen LogP contribution in [0.15, 0.2) is 10.5 Å². The lowest BCUT2D eigenvalue weighted by Gasteiger charge is -2.05. The van der Waals surface area contributed by atoms with Crippen LogP contribution in [0.25, 0.3) is 0 Å². The predicted molar refractivity (Wildman–Crippen MR) is 55.4 cm³/mol. The Bertz CT molecular complexity index is 328. The van der Waals surface area contributed by atoms with Gasteiger partial charge in [-0.15, -0.1) is 0 Å². The lowest BCUT2D eigenvalue weighted by molar-refractivity contribution is 0.0972. The van der Waals surface area contributed by atoms with E-state index in [0.717, 1.165) is 12.2 Å². The average molecular weight is 195 g/mol. The SMILES string of the molecule is CCC(N)CC(=O)c1cc(C)oc1C. The van der Waals surface area contributed by atoms with Crippen LogP contribution in [0.3, 0.4) is 0 Å². The maximum atomic E-state index is 11.7. The first kappa shape index (κ1) is 11.0. The molecule has 0 bridgehead atoms. The van der Waals surface area contributed by atoms with Crippen LogP contribution in [-0.4, -0.2) is 11.8 Å². The van der Waals surface area contributed by atoms with Crippen molar-refractivity contribution < 1.29 is 9.21 Å². The van der Waals surface area contributed by atoms with Crippen LogP contribution in [0.4, 0.5) is 0 Å². The molecule has 0 amide bonds. The molecular formula is C11H17NO2. The molecule has 0 radical (unpaired) electrons. The first-order chi connectivity index (χ1) is 6.54. The summed E-state index contributed by atoms with van der Waals surface area (Å²) in [5, 5.41) is 0. The molecule has 0 spiro atoms. The van der Waals surface area contributed by atoms with Gasteiger partial charge in [-0.2, -0.15) is 0 Å². The van der Waals surface area contributed by atoms with Gasteiger partial charge >= 0.3 is 0 Å². The summed E-state index contributed by atoms with van der Waals surface area (Å²) in [6.45, 7) is 5.62. The van der Waals surface area contributed by atoms with Crippen LogP contribution >= 0.6 is 0 Å². The van der Waals surface area contributed by atoms with Gasteiger partial charge in [0.15, 0.2) is 5.78 Å². The van der Waals surface area contributed by atoms with Crippen molar-refractivity contribution in [2.24, 2.45) is 5.73 Å². The third-order valence-electron chi connectivity index (χ3n) is 2.31. The first-order valence-electron chi connectivity index (χ1n) is 4.90. The minimum absolute atomic E-state index is 0.0443. The minimum Gasteiger partial charge on any atom is -0.466 e. The fourth-order valence-electron chi connectivity index (χ4n) is 1.40. The van der Waals surface area contributed by atoms with Gasteiger partial charge in [0.25, 0.3) is 0 Å². The van der Waals surface area contributed by atoms with Crippen LogP contribution in [0.1, 0.15) is 41.6 Å². The van der Waals surface area contributed by atoms with Gasteiger partial charge in [-0.1, -0.05) is 6.92 Å². The monoisotopic (exact) mass is 195 g/mol. The molecule has 1 heterocycles. The summed E-state index contributed by atoms with van der Waals surface area (Å²) >= 11 is 0. The molecule has 1 unspecified atom stereocenters. The molecule has 3 nitrogen and oxygen atoms in total.